The SMILES string of the molecule is CC(CCC(=O)Nc1c(O)ccc(C(=O)O)c1O)(C(=O)c1ccccc1)C1CCCCC1. The topological polar surface area (TPSA) is 124 Å². The van der Waals surface area contributed by atoms with Crippen molar-refractivity contribution in [2.45, 2.75) is 51.9 Å². The Bertz CT molecular complexity index is 997. The minimum atomic E-state index is -1.38. The zero-order valence-electron chi connectivity index (χ0n) is 18.1. The summed E-state index contributed by atoms with van der Waals surface area (Å²) in [7, 11) is 0. The molecule has 1 aliphatic rings. The van der Waals surface area contributed by atoms with Crippen LogP contribution in [0.25, 0.3) is 0 Å². The normalized spacial score (nSPS) is 16.2. The van der Waals surface area contributed by atoms with Gasteiger partial charge in [-0.05, 0) is 37.3 Å². The van der Waals surface area contributed by atoms with E-state index < -0.39 is 34.4 Å². The van der Waals surface area contributed by atoms with Crippen LogP contribution >= 0.6 is 0 Å². The third-order valence-corrected chi connectivity index (χ3v) is 6.58. The molecule has 0 radical (unpaired) electrons. The predicted octanol–water partition coefficient (Wildman–Crippen LogP) is 4.98. The molecular weight excluding hydrogens is 410 g/mol. The number of hydrogen-bond donors (Lipinski definition) is 4. The summed E-state index contributed by atoms with van der Waals surface area (Å²) in [4.78, 5) is 37.4. The van der Waals surface area contributed by atoms with Crippen molar-refractivity contribution in [1.82, 2.24) is 0 Å². The number of rotatable bonds is 8. The highest BCUT2D eigenvalue weighted by Gasteiger charge is 2.41. The highest BCUT2D eigenvalue weighted by Crippen LogP contribution is 2.44. The Hall–Kier alpha value is -3.35. The van der Waals surface area contributed by atoms with Crippen molar-refractivity contribution in [3.05, 3.63) is 53.6 Å². The fraction of sp³-hybridized carbons (Fsp3) is 0.400. The molecule has 1 unspecified atom stereocenters. The standard InChI is InChI=1S/C25H29NO6/c1-25(17-10-6-3-7-11-17,23(30)16-8-4-2-5-9-16)15-14-20(28)26-21-19(27)13-12-18(22(21)29)24(31)32/h2,4-5,8-9,12-13,17,27,29H,3,6-7,10-11,14-15H2,1H3,(H,26,28)(H,31,32). The average Bonchev–Trinajstić information content (AvgIpc) is 2.80. The van der Waals surface area contributed by atoms with Gasteiger partial charge in [0, 0.05) is 17.4 Å². The van der Waals surface area contributed by atoms with Crippen LogP contribution in [-0.2, 0) is 4.79 Å². The van der Waals surface area contributed by atoms with Gasteiger partial charge in [0.25, 0.3) is 0 Å². The number of carboxylic acids is 1. The monoisotopic (exact) mass is 439 g/mol. The molecule has 170 valence electrons. The summed E-state index contributed by atoms with van der Waals surface area (Å²) in [6, 6.07) is 11.2. The second-order valence-electron chi connectivity index (χ2n) is 8.66. The molecule has 32 heavy (non-hydrogen) atoms. The lowest BCUT2D eigenvalue weighted by atomic mass is 9.64. The average molecular weight is 440 g/mol. The summed E-state index contributed by atoms with van der Waals surface area (Å²) in [6.45, 7) is 1.92. The van der Waals surface area contributed by atoms with Crippen LogP contribution in [0.3, 0.4) is 0 Å². The van der Waals surface area contributed by atoms with Crippen LogP contribution in [-0.4, -0.2) is 33.0 Å². The number of nitrogens with one attached hydrogen (secondary N) is 1. The number of aromatic hydroxyl groups is 2. The molecule has 1 aliphatic carbocycles. The van der Waals surface area contributed by atoms with Crippen LogP contribution in [0.1, 0.15) is 72.6 Å². The maximum absolute atomic E-state index is 13.5. The number of phenolic OH excluding ortho intramolecular Hbond substituents is 1. The molecule has 0 saturated heterocycles. The Labute approximate surface area is 187 Å². The number of hydrogen-bond acceptors (Lipinski definition) is 5. The van der Waals surface area contributed by atoms with Crippen molar-refractivity contribution in [2.24, 2.45) is 11.3 Å². The number of carbonyl (C=O) groups excluding carboxylic acids is 2. The number of aromatic carboxylic acids is 1. The number of Topliss-reactive ketones (excluding diaryl/α,β-unsaturated/α-hetero) is 1. The maximum Gasteiger partial charge on any atom is 0.339 e. The second-order valence-corrected chi connectivity index (χ2v) is 8.66. The van der Waals surface area contributed by atoms with Gasteiger partial charge in [-0.1, -0.05) is 56.5 Å². The van der Waals surface area contributed by atoms with Crippen molar-refractivity contribution in [2.75, 3.05) is 5.32 Å². The summed E-state index contributed by atoms with van der Waals surface area (Å²) < 4.78 is 0. The van der Waals surface area contributed by atoms with E-state index in [1.807, 2.05) is 25.1 Å². The Kier molecular flexibility index (Phi) is 7.18. The van der Waals surface area contributed by atoms with Gasteiger partial charge < -0.3 is 20.6 Å². The van der Waals surface area contributed by atoms with Gasteiger partial charge in [0.2, 0.25) is 5.91 Å². The first-order chi connectivity index (χ1) is 15.2. The lowest BCUT2D eigenvalue weighted by Gasteiger charge is -2.39. The quantitative estimate of drug-likeness (QED) is 0.340. The van der Waals surface area contributed by atoms with Crippen molar-refractivity contribution < 1.29 is 29.7 Å². The second kappa shape index (κ2) is 9.85. The number of amides is 1. The molecule has 1 saturated carbocycles. The molecule has 1 amide bonds. The van der Waals surface area contributed by atoms with E-state index in [0.717, 1.165) is 44.2 Å². The molecule has 2 aromatic rings. The number of carboxylic acid groups (broad SMARTS) is 1. The summed E-state index contributed by atoms with van der Waals surface area (Å²) >= 11 is 0. The first kappa shape index (κ1) is 23.3. The van der Waals surface area contributed by atoms with Crippen LogP contribution in [0.2, 0.25) is 0 Å². The zero-order chi connectivity index (χ0) is 23.3. The first-order valence-corrected chi connectivity index (χ1v) is 10.9. The number of anilines is 1. The van der Waals surface area contributed by atoms with Crippen LogP contribution in [0, 0.1) is 11.3 Å². The van der Waals surface area contributed by atoms with Gasteiger partial charge in [-0.25, -0.2) is 4.79 Å². The lowest BCUT2D eigenvalue weighted by molar-refractivity contribution is -0.116. The molecule has 0 spiro atoms. The van der Waals surface area contributed by atoms with Crippen molar-refractivity contribution in [1.29, 1.82) is 0 Å². The number of phenols is 2. The lowest BCUT2D eigenvalue weighted by Crippen LogP contribution is -2.38. The zero-order valence-corrected chi connectivity index (χ0v) is 18.1. The van der Waals surface area contributed by atoms with Gasteiger partial charge in [0.15, 0.2) is 11.5 Å². The van der Waals surface area contributed by atoms with E-state index in [-0.39, 0.29) is 23.8 Å². The molecule has 0 aliphatic heterocycles. The molecule has 7 nitrogen and oxygen atoms in total. The number of ketones is 1. The van der Waals surface area contributed by atoms with Gasteiger partial charge >= 0.3 is 5.97 Å². The van der Waals surface area contributed by atoms with E-state index in [1.165, 1.54) is 0 Å². The van der Waals surface area contributed by atoms with E-state index >= 15 is 0 Å². The first-order valence-electron chi connectivity index (χ1n) is 10.9. The molecule has 1 atom stereocenters. The van der Waals surface area contributed by atoms with Crippen molar-refractivity contribution in [3.8, 4) is 11.5 Å². The smallest absolute Gasteiger partial charge is 0.339 e. The van der Waals surface area contributed by atoms with Crippen LogP contribution < -0.4 is 5.32 Å². The fourth-order valence-corrected chi connectivity index (χ4v) is 4.61. The molecule has 3 rings (SSSR count). The number of carbonyl (C=O) groups is 3. The maximum atomic E-state index is 13.5. The molecular formula is C25H29NO6. The summed E-state index contributed by atoms with van der Waals surface area (Å²) in [5.41, 5.74) is -0.884. The Morgan fingerprint density at radius 2 is 1.66 bits per heavy atom. The highest BCUT2D eigenvalue weighted by atomic mass is 16.4. The van der Waals surface area contributed by atoms with E-state index in [0.29, 0.717) is 12.0 Å². The van der Waals surface area contributed by atoms with Crippen molar-refractivity contribution >= 4 is 23.3 Å². The molecule has 0 heterocycles. The highest BCUT2D eigenvalue weighted by molar-refractivity contribution is 6.02. The third-order valence-electron chi connectivity index (χ3n) is 6.58. The predicted molar refractivity (Wildman–Crippen MR) is 120 cm³/mol. The number of benzene rings is 2. The van der Waals surface area contributed by atoms with Crippen LogP contribution in [0.15, 0.2) is 42.5 Å². The van der Waals surface area contributed by atoms with Gasteiger partial charge in [0.05, 0.1) is 0 Å². The van der Waals surface area contributed by atoms with E-state index in [9.17, 15) is 24.6 Å². The molecule has 1 fully saturated rings. The minimum Gasteiger partial charge on any atom is -0.506 e. The Morgan fingerprint density at radius 3 is 2.28 bits per heavy atom. The van der Waals surface area contributed by atoms with Crippen LogP contribution in [0.4, 0.5) is 5.69 Å². The Balaban J connectivity index is 1.79. The van der Waals surface area contributed by atoms with Crippen molar-refractivity contribution in [3.63, 3.8) is 0 Å². The largest absolute Gasteiger partial charge is 0.506 e. The van der Waals surface area contributed by atoms with Gasteiger partial charge in [-0.3, -0.25) is 9.59 Å². The molecule has 2 aromatic carbocycles. The van der Waals surface area contributed by atoms with E-state index in [4.69, 9.17) is 5.11 Å². The Morgan fingerprint density at radius 1 is 1.00 bits per heavy atom. The molecule has 7 heteroatoms. The molecule has 4 N–H and O–H groups in total. The van der Waals surface area contributed by atoms with E-state index in [1.54, 1.807) is 12.1 Å². The van der Waals surface area contributed by atoms with Crippen LogP contribution in [0.5, 0.6) is 11.5 Å². The van der Waals surface area contributed by atoms with E-state index in [2.05, 4.69) is 5.32 Å². The summed E-state index contributed by atoms with van der Waals surface area (Å²) in [5.74, 6) is -2.86. The summed E-state index contributed by atoms with van der Waals surface area (Å²) in [5, 5.41) is 31.7. The van der Waals surface area contributed by atoms with Gasteiger partial charge in [-0.2, -0.15) is 0 Å². The third kappa shape index (κ3) is 4.93. The van der Waals surface area contributed by atoms with Gasteiger partial charge in [0.1, 0.15) is 17.0 Å². The fourth-order valence-electron chi connectivity index (χ4n) is 4.61. The molecule has 0 aromatic heterocycles. The molecule has 0 bridgehead atoms. The minimum absolute atomic E-state index is 0.0105. The van der Waals surface area contributed by atoms with Gasteiger partial charge in [-0.15, -0.1) is 0 Å². The summed E-state index contributed by atoms with van der Waals surface area (Å²) in [6.07, 6.45) is 5.40.